The van der Waals surface area contributed by atoms with Crippen LogP contribution in [0.4, 0.5) is 0 Å². The van der Waals surface area contributed by atoms with E-state index < -0.39 is 5.97 Å². The molecule has 2 atom stereocenters. The molecule has 4 aromatic carbocycles. The molecule has 0 fully saturated rings. The zero-order chi connectivity index (χ0) is 24.2. The molecule has 0 amide bonds. The van der Waals surface area contributed by atoms with Gasteiger partial charge in [-0.05, 0) is 53.9 Å². The Morgan fingerprint density at radius 2 is 1.78 bits per heavy atom. The van der Waals surface area contributed by atoms with E-state index in [0.29, 0.717) is 5.75 Å². The highest BCUT2D eigenvalue weighted by molar-refractivity contribution is 5.88. The zero-order valence-corrected chi connectivity index (χ0v) is 21.0. The zero-order valence-electron chi connectivity index (χ0n) is 20.1. The molecular weight excluding hydrogens is 474 g/mol. The van der Waals surface area contributed by atoms with Gasteiger partial charge in [0.2, 0.25) is 0 Å². The van der Waals surface area contributed by atoms with Gasteiger partial charge >= 0.3 is 5.97 Å². The molecule has 0 radical (unpaired) electrons. The van der Waals surface area contributed by atoms with Crippen LogP contribution in [0.25, 0.3) is 10.8 Å². The molecule has 0 saturated carbocycles. The van der Waals surface area contributed by atoms with E-state index in [1.165, 1.54) is 16.3 Å². The molecule has 5 rings (SSSR count). The van der Waals surface area contributed by atoms with Gasteiger partial charge in [-0.25, -0.2) is 4.79 Å². The molecular formula is C30H30ClNO4. The summed E-state index contributed by atoms with van der Waals surface area (Å²) in [6, 6.07) is 28.2. The topological polar surface area (TPSA) is 67.8 Å². The van der Waals surface area contributed by atoms with Crippen molar-refractivity contribution in [3.8, 4) is 11.5 Å². The lowest BCUT2D eigenvalue weighted by atomic mass is 9.83. The van der Waals surface area contributed by atoms with E-state index in [1.807, 2.05) is 24.3 Å². The van der Waals surface area contributed by atoms with E-state index >= 15 is 0 Å². The first-order valence-corrected chi connectivity index (χ1v) is 12.0. The van der Waals surface area contributed by atoms with E-state index in [9.17, 15) is 9.90 Å². The molecule has 36 heavy (non-hydrogen) atoms. The third-order valence-electron chi connectivity index (χ3n) is 6.77. The Kier molecular flexibility index (Phi) is 8.14. The summed E-state index contributed by atoms with van der Waals surface area (Å²) in [5.74, 6) is 0.557. The Bertz CT molecular complexity index is 1350. The monoisotopic (exact) mass is 503 g/mol. The predicted octanol–water partition coefficient (Wildman–Crippen LogP) is 6.08. The lowest BCUT2D eigenvalue weighted by molar-refractivity contribution is 0.0696. The molecule has 2 N–H and O–H groups in total. The minimum Gasteiger partial charge on any atom is -0.496 e. The number of benzene rings is 4. The van der Waals surface area contributed by atoms with Crippen molar-refractivity contribution in [2.24, 2.45) is 0 Å². The average molecular weight is 504 g/mol. The number of halogens is 1. The van der Waals surface area contributed by atoms with Crippen molar-refractivity contribution in [1.82, 2.24) is 5.32 Å². The number of nitrogens with one attached hydrogen (secondary N) is 1. The van der Waals surface area contributed by atoms with Gasteiger partial charge in [0, 0.05) is 23.6 Å². The number of hydrogen-bond donors (Lipinski definition) is 2. The standard InChI is InChI=1S/C30H29NO4.ClH/c1-34-29-17-22(30(32)33)13-14-26(29)27-18-23(35-28-12-5-4-11-25(27)28)19-31-16-15-21-9-6-8-20-7-2-3-10-24(20)21;/h2-14,17,23,27,31H,15-16,18-19H2,1H3,(H,32,33);1H/t23-,27+;/m1./s1. The number of carboxylic acids is 1. The van der Waals surface area contributed by atoms with Crippen molar-refractivity contribution in [3.63, 3.8) is 0 Å². The van der Waals surface area contributed by atoms with Crippen molar-refractivity contribution >= 4 is 29.1 Å². The molecule has 1 aliphatic rings. The number of carbonyl (C=O) groups is 1. The highest BCUT2D eigenvalue weighted by Crippen LogP contribution is 2.43. The average Bonchev–Trinajstić information content (AvgIpc) is 2.90. The molecule has 5 nitrogen and oxygen atoms in total. The SMILES string of the molecule is COc1cc(C(=O)O)ccc1[C@H]1C[C@H](CNCCc2cccc3ccccc23)Oc2ccccc21.Cl. The summed E-state index contributed by atoms with van der Waals surface area (Å²) in [4.78, 5) is 11.4. The van der Waals surface area contributed by atoms with Crippen LogP contribution < -0.4 is 14.8 Å². The molecule has 0 spiro atoms. The summed E-state index contributed by atoms with van der Waals surface area (Å²) in [5.41, 5.74) is 3.64. The van der Waals surface area contributed by atoms with Crippen LogP contribution in [0.5, 0.6) is 11.5 Å². The molecule has 1 heterocycles. The van der Waals surface area contributed by atoms with Gasteiger partial charge in [0.15, 0.2) is 0 Å². The first-order chi connectivity index (χ1) is 17.1. The van der Waals surface area contributed by atoms with E-state index in [4.69, 9.17) is 9.47 Å². The van der Waals surface area contributed by atoms with Crippen LogP contribution in [0, 0.1) is 0 Å². The normalized spacial score (nSPS) is 16.5. The third kappa shape index (κ3) is 5.32. The Labute approximate surface area is 217 Å². The van der Waals surface area contributed by atoms with Crippen LogP contribution in [0.15, 0.2) is 84.9 Å². The van der Waals surface area contributed by atoms with Crippen molar-refractivity contribution in [1.29, 1.82) is 0 Å². The quantitative estimate of drug-likeness (QED) is 0.285. The van der Waals surface area contributed by atoms with Crippen LogP contribution in [-0.4, -0.2) is 37.4 Å². The van der Waals surface area contributed by atoms with Crippen LogP contribution in [0.1, 0.15) is 39.4 Å². The maximum Gasteiger partial charge on any atom is 0.335 e. The van der Waals surface area contributed by atoms with Gasteiger partial charge in [0.05, 0.1) is 12.7 Å². The maximum atomic E-state index is 11.4. The minimum absolute atomic E-state index is 0. The summed E-state index contributed by atoms with van der Waals surface area (Å²) in [7, 11) is 1.59. The Hall–Kier alpha value is -3.54. The Morgan fingerprint density at radius 1 is 1.00 bits per heavy atom. The molecule has 0 unspecified atom stereocenters. The van der Waals surface area contributed by atoms with Gasteiger partial charge < -0.3 is 19.9 Å². The van der Waals surface area contributed by atoms with E-state index in [0.717, 1.165) is 42.8 Å². The largest absolute Gasteiger partial charge is 0.496 e. The predicted molar refractivity (Wildman–Crippen MR) is 145 cm³/mol. The second-order valence-electron chi connectivity index (χ2n) is 8.92. The van der Waals surface area contributed by atoms with Gasteiger partial charge in [-0.3, -0.25) is 0 Å². The number of carboxylic acid groups (broad SMARTS) is 1. The number of ether oxygens (including phenoxy) is 2. The van der Waals surface area contributed by atoms with E-state index in [1.54, 1.807) is 19.2 Å². The number of hydrogen-bond acceptors (Lipinski definition) is 4. The van der Waals surface area contributed by atoms with Gasteiger partial charge in [0.1, 0.15) is 17.6 Å². The Morgan fingerprint density at radius 3 is 2.61 bits per heavy atom. The molecule has 0 saturated heterocycles. The second-order valence-corrected chi connectivity index (χ2v) is 8.92. The summed E-state index contributed by atoms with van der Waals surface area (Å²) >= 11 is 0. The van der Waals surface area contributed by atoms with Crippen molar-refractivity contribution in [3.05, 3.63) is 107 Å². The molecule has 6 heteroatoms. The van der Waals surface area contributed by atoms with Crippen LogP contribution >= 0.6 is 12.4 Å². The molecule has 0 bridgehead atoms. The van der Waals surface area contributed by atoms with Crippen LogP contribution in [0.2, 0.25) is 0 Å². The van der Waals surface area contributed by atoms with Crippen LogP contribution in [-0.2, 0) is 6.42 Å². The van der Waals surface area contributed by atoms with Crippen molar-refractivity contribution < 1.29 is 19.4 Å². The van der Waals surface area contributed by atoms with Gasteiger partial charge in [0.25, 0.3) is 0 Å². The summed E-state index contributed by atoms with van der Waals surface area (Å²) in [6.07, 6.45) is 1.71. The second kappa shape index (κ2) is 11.5. The number of fused-ring (bicyclic) bond motifs is 2. The fourth-order valence-electron chi connectivity index (χ4n) is 5.04. The van der Waals surface area contributed by atoms with Crippen LogP contribution in [0.3, 0.4) is 0 Å². The number of para-hydroxylation sites is 1. The van der Waals surface area contributed by atoms with Crippen molar-refractivity contribution in [2.75, 3.05) is 20.2 Å². The van der Waals surface area contributed by atoms with E-state index in [2.05, 4.69) is 53.8 Å². The third-order valence-corrected chi connectivity index (χ3v) is 6.77. The lowest BCUT2D eigenvalue weighted by Crippen LogP contribution is -2.36. The summed E-state index contributed by atoms with van der Waals surface area (Å²) in [6.45, 7) is 1.59. The number of methoxy groups -OCH3 is 1. The van der Waals surface area contributed by atoms with Gasteiger partial charge in [-0.1, -0.05) is 66.7 Å². The summed E-state index contributed by atoms with van der Waals surface area (Å²) < 4.78 is 11.9. The molecule has 4 aromatic rings. The highest BCUT2D eigenvalue weighted by Gasteiger charge is 2.31. The first kappa shape index (κ1) is 25.5. The molecule has 1 aliphatic heterocycles. The van der Waals surface area contributed by atoms with Crippen molar-refractivity contribution in [2.45, 2.75) is 24.9 Å². The summed E-state index contributed by atoms with van der Waals surface area (Å²) in [5, 5.41) is 15.5. The highest BCUT2D eigenvalue weighted by atomic mass is 35.5. The first-order valence-electron chi connectivity index (χ1n) is 12.0. The number of aromatic carboxylic acids is 1. The fraction of sp³-hybridized carbons (Fsp3) is 0.233. The molecule has 186 valence electrons. The van der Waals surface area contributed by atoms with Gasteiger partial charge in [-0.15, -0.1) is 12.4 Å². The lowest BCUT2D eigenvalue weighted by Gasteiger charge is -2.33. The number of rotatable bonds is 8. The molecule has 0 aromatic heterocycles. The fourth-order valence-corrected chi connectivity index (χ4v) is 5.04. The van der Waals surface area contributed by atoms with E-state index in [-0.39, 0.29) is 30.0 Å². The Balaban J connectivity index is 0.00000304. The maximum absolute atomic E-state index is 11.4. The smallest absolute Gasteiger partial charge is 0.335 e. The minimum atomic E-state index is -0.963. The molecule has 0 aliphatic carbocycles. The van der Waals surface area contributed by atoms with Gasteiger partial charge in [-0.2, -0.15) is 0 Å².